The molecule has 3 fully saturated rings. The number of fused-ring (bicyclic) bond motifs is 1. The second-order valence-corrected chi connectivity index (χ2v) is 8.99. The molecule has 0 amide bonds. The number of rotatable bonds is 3. The molecule has 27 heavy (non-hydrogen) atoms. The molecule has 0 aromatic heterocycles. The van der Waals surface area contributed by atoms with Crippen molar-refractivity contribution in [3.05, 3.63) is 35.4 Å². The monoisotopic (exact) mass is 370 g/mol. The van der Waals surface area contributed by atoms with Crippen molar-refractivity contribution in [3.8, 4) is 0 Å². The Bertz CT molecular complexity index is 693. The Balaban J connectivity index is 1.32. The lowest BCUT2D eigenvalue weighted by molar-refractivity contribution is -0.107. The van der Waals surface area contributed by atoms with E-state index in [1.54, 1.807) is 0 Å². The minimum Gasteiger partial charge on any atom is -0.377 e. The molecule has 1 aromatic carbocycles. The lowest BCUT2D eigenvalue weighted by Gasteiger charge is -2.55. The quantitative estimate of drug-likeness (QED) is 0.656. The molecule has 1 aromatic rings. The molecule has 5 heteroatoms. The van der Waals surface area contributed by atoms with E-state index in [2.05, 4.69) is 65.1 Å². The number of guanidine groups is 1. The molecule has 5 nitrogen and oxygen atoms in total. The van der Waals surface area contributed by atoms with Crippen LogP contribution in [0.15, 0.2) is 29.3 Å². The third-order valence-electron chi connectivity index (χ3n) is 6.76. The number of nitrogens with one attached hydrogen (secondary N) is 1. The number of piperazine rings is 1. The molecular formula is C22H34N4O. The van der Waals surface area contributed by atoms with Gasteiger partial charge in [-0.3, -0.25) is 9.89 Å². The molecule has 2 heterocycles. The van der Waals surface area contributed by atoms with Crippen molar-refractivity contribution in [1.82, 2.24) is 15.1 Å². The number of hydrogen-bond acceptors (Lipinski definition) is 3. The molecule has 148 valence electrons. The maximum Gasteiger partial charge on any atom is 0.193 e. The van der Waals surface area contributed by atoms with E-state index in [-0.39, 0.29) is 5.41 Å². The minimum absolute atomic E-state index is 0.185. The van der Waals surface area contributed by atoms with Gasteiger partial charge in [0.05, 0.1) is 6.10 Å². The van der Waals surface area contributed by atoms with Gasteiger partial charge in [-0.05, 0) is 18.9 Å². The van der Waals surface area contributed by atoms with Crippen LogP contribution < -0.4 is 5.32 Å². The highest BCUT2D eigenvalue weighted by atomic mass is 16.5. The van der Waals surface area contributed by atoms with E-state index in [0.29, 0.717) is 18.1 Å². The van der Waals surface area contributed by atoms with E-state index in [1.165, 1.54) is 17.5 Å². The average molecular weight is 371 g/mol. The minimum atomic E-state index is 0.185. The Morgan fingerprint density at radius 3 is 2.74 bits per heavy atom. The summed E-state index contributed by atoms with van der Waals surface area (Å²) in [6, 6.07) is 9.32. The van der Waals surface area contributed by atoms with Gasteiger partial charge in [0.1, 0.15) is 0 Å². The maximum absolute atomic E-state index is 5.94. The van der Waals surface area contributed by atoms with Crippen molar-refractivity contribution < 1.29 is 4.74 Å². The topological polar surface area (TPSA) is 40.1 Å². The molecule has 3 unspecified atom stereocenters. The standard InChI is InChI=1S/C22H34N4O/c1-16-6-5-7-17(14-16)15-25-9-11-26(12-10-25)21(23-4)24-19-18-8-13-27-20(18)22(19,2)3/h5-7,14,18-20H,8-13,15H2,1-4H3,(H,23,24). The van der Waals surface area contributed by atoms with Gasteiger partial charge in [0.25, 0.3) is 0 Å². The molecule has 0 spiro atoms. The van der Waals surface area contributed by atoms with Gasteiger partial charge in [0.15, 0.2) is 5.96 Å². The van der Waals surface area contributed by atoms with Gasteiger partial charge in [-0.25, -0.2) is 0 Å². The fourth-order valence-corrected chi connectivity index (χ4v) is 5.24. The van der Waals surface area contributed by atoms with Crippen LogP contribution in [0.4, 0.5) is 0 Å². The van der Waals surface area contributed by atoms with Crippen LogP contribution in [0.5, 0.6) is 0 Å². The normalized spacial score (nSPS) is 30.7. The molecule has 0 radical (unpaired) electrons. The highest BCUT2D eigenvalue weighted by molar-refractivity contribution is 5.80. The van der Waals surface area contributed by atoms with E-state index in [4.69, 9.17) is 4.74 Å². The van der Waals surface area contributed by atoms with Crippen molar-refractivity contribution in [2.75, 3.05) is 39.8 Å². The van der Waals surface area contributed by atoms with Crippen molar-refractivity contribution in [2.24, 2.45) is 16.3 Å². The van der Waals surface area contributed by atoms with Gasteiger partial charge in [0.2, 0.25) is 0 Å². The zero-order chi connectivity index (χ0) is 19.0. The molecule has 2 saturated heterocycles. The fraction of sp³-hybridized carbons (Fsp3) is 0.682. The predicted molar refractivity (Wildman–Crippen MR) is 110 cm³/mol. The fourth-order valence-electron chi connectivity index (χ4n) is 5.24. The van der Waals surface area contributed by atoms with E-state index >= 15 is 0 Å². The first-order valence-corrected chi connectivity index (χ1v) is 10.4. The highest BCUT2D eigenvalue weighted by Crippen LogP contribution is 2.52. The van der Waals surface area contributed by atoms with Gasteiger partial charge in [-0.1, -0.05) is 43.7 Å². The molecule has 3 atom stereocenters. The number of nitrogens with zero attached hydrogens (tertiary/aromatic N) is 3. The number of aliphatic imine (C=N–C) groups is 1. The lowest BCUT2D eigenvalue weighted by atomic mass is 9.57. The number of ether oxygens (including phenoxy) is 1. The zero-order valence-electron chi connectivity index (χ0n) is 17.2. The third-order valence-corrected chi connectivity index (χ3v) is 6.76. The molecule has 1 N–H and O–H groups in total. The molecular weight excluding hydrogens is 336 g/mol. The Labute approximate surface area is 163 Å². The Hall–Kier alpha value is -1.59. The SMILES string of the molecule is CN=C(NC1C2CCOC2C1(C)C)N1CCN(Cc2cccc(C)c2)CC1. The van der Waals surface area contributed by atoms with Crippen molar-refractivity contribution >= 4 is 5.96 Å². The van der Waals surface area contributed by atoms with Crippen LogP contribution in [0.25, 0.3) is 0 Å². The Morgan fingerprint density at radius 2 is 2.04 bits per heavy atom. The summed E-state index contributed by atoms with van der Waals surface area (Å²) in [5.41, 5.74) is 2.94. The van der Waals surface area contributed by atoms with Crippen molar-refractivity contribution in [2.45, 2.75) is 45.9 Å². The van der Waals surface area contributed by atoms with Crippen LogP contribution in [-0.2, 0) is 11.3 Å². The van der Waals surface area contributed by atoms with Gasteiger partial charge in [0, 0.05) is 63.8 Å². The van der Waals surface area contributed by atoms with Gasteiger partial charge < -0.3 is 15.0 Å². The van der Waals surface area contributed by atoms with E-state index in [9.17, 15) is 0 Å². The maximum atomic E-state index is 5.94. The zero-order valence-corrected chi connectivity index (χ0v) is 17.2. The first-order valence-electron chi connectivity index (χ1n) is 10.4. The number of hydrogen-bond donors (Lipinski definition) is 1. The molecule has 0 bridgehead atoms. The summed E-state index contributed by atoms with van der Waals surface area (Å²) < 4.78 is 5.94. The molecule has 1 saturated carbocycles. The summed E-state index contributed by atoms with van der Waals surface area (Å²) in [5.74, 6) is 1.70. The van der Waals surface area contributed by atoms with Crippen molar-refractivity contribution in [3.63, 3.8) is 0 Å². The Kier molecular flexibility index (Phi) is 5.17. The van der Waals surface area contributed by atoms with Crippen LogP contribution in [0.1, 0.15) is 31.4 Å². The average Bonchev–Trinajstić information content (AvgIpc) is 3.11. The first-order chi connectivity index (χ1) is 13.0. The van der Waals surface area contributed by atoms with E-state index in [0.717, 1.165) is 45.3 Å². The van der Waals surface area contributed by atoms with Crippen LogP contribution >= 0.6 is 0 Å². The number of benzene rings is 1. The molecule has 1 aliphatic carbocycles. The molecule has 3 aliphatic rings. The van der Waals surface area contributed by atoms with Gasteiger partial charge in [-0.15, -0.1) is 0 Å². The van der Waals surface area contributed by atoms with Gasteiger partial charge in [-0.2, -0.15) is 0 Å². The lowest BCUT2D eigenvalue weighted by Crippen LogP contribution is -2.68. The number of aryl methyl sites for hydroxylation is 1. The molecule has 4 rings (SSSR count). The summed E-state index contributed by atoms with van der Waals surface area (Å²) in [5, 5.41) is 3.78. The van der Waals surface area contributed by atoms with E-state index < -0.39 is 0 Å². The second kappa shape index (κ2) is 7.44. The summed E-state index contributed by atoms with van der Waals surface area (Å²) in [4.78, 5) is 9.58. The summed E-state index contributed by atoms with van der Waals surface area (Å²) in [6.45, 7) is 13.0. The first kappa shape index (κ1) is 18.8. The third kappa shape index (κ3) is 3.59. The Morgan fingerprint density at radius 1 is 1.26 bits per heavy atom. The second-order valence-electron chi connectivity index (χ2n) is 8.99. The van der Waals surface area contributed by atoms with Gasteiger partial charge >= 0.3 is 0 Å². The molecule has 2 aliphatic heterocycles. The van der Waals surface area contributed by atoms with Crippen LogP contribution in [-0.4, -0.2) is 67.7 Å². The highest BCUT2D eigenvalue weighted by Gasteiger charge is 2.59. The predicted octanol–water partition coefficient (Wildman–Crippen LogP) is 2.50. The summed E-state index contributed by atoms with van der Waals surface area (Å²) in [6.07, 6.45) is 1.59. The smallest absolute Gasteiger partial charge is 0.193 e. The van der Waals surface area contributed by atoms with E-state index in [1.807, 2.05) is 7.05 Å². The van der Waals surface area contributed by atoms with Crippen molar-refractivity contribution in [1.29, 1.82) is 0 Å². The largest absolute Gasteiger partial charge is 0.377 e. The summed E-state index contributed by atoms with van der Waals surface area (Å²) >= 11 is 0. The van der Waals surface area contributed by atoms with Crippen LogP contribution in [0, 0.1) is 18.3 Å². The van der Waals surface area contributed by atoms with Crippen LogP contribution in [0.2, 0.25) is 0 Å². The van der Waals surface area contributed by atoms with Crippen LogP contribution in [0.3, 0.4) is 0 Å². The summed E-state index contributed by atoms with van der Waals surface area (Å²) in [7, 11) is 1.91.